The summed E-state index contributed by atoms with van der Waals surface area (Å²) in [7, 11) is 1.50. The highest BCUT2D eigenvalue weighted by atomic mass is 16.5. The molecular formula is C16H30N2O3. The van der Waals surface area contributed by atoms with Crippen LogP contribution in [0.15, 0.2) is 0 Å². The van der Waals surface area contributed by atoms with Crippen molar-refractivity contribution in [1.29, 1.82) is 0 Å². The maximum atomic E-state index is 12.6. The first-order chi connectivity index (χ1) is 10.0. The molecule has 1 saturated heterocycles. The highest BCUT2D eigenvalue weighted by Crippen LogP contribution is 2.41. The molecule has 21 heavy (non-hydrogen) atoms. The van der Waals surface area contributed by atoms with Gasteiger partial charge in [0.15, 0.2) is 0 Å². The third-order valence-electron chi connectivity index (χ3n) is 4.64. The third kappa shape index (κ3) is 3.76. The SMILES string of the molecule is CCC1COCCN1CC(NC(C)C)(C(=O)OC)C1CC1. The lowest BCUT2D eigenvalue weighted by atomic mass is 9.90. The molecule has 1 aliphatic heterocycles. The number of esters is 1. The van der Waals surface area contributed by atoms with Gasteiger partial charge in [-0.25, -0.2) is 4.79 Å². The maximum Gasteiger partial charge on any atom is 0.327 e. The Morgan fingerprint density at radius 1 is 1.48 bits per heavy atom. The molecule has 122 valence electrons. The fourth-order valence-corrected chi connectivity index (χ4v) is 3.45. The number of nitrogens with zero attached hydrogens (tertiary/aromatic N) is 1. The first-order valence-electron chi connectivity index (χ1n) is 8.21. The molecule has 0 bridgehead atoms. The van der Waals surface area contributed by atoms with Gasteiger partial charge in [-0.2, -0.15) is 0 Å². The summed E-state index contributed by atoms with van der Waals surface area (Å²) >= 11 is 0. The van der Waals surface area contributed by atoms with Crippen molar-refractivity contribution in [1.82, 2.24) is 10.2 Å². The minimum absolute atomic E-state index is 0.111. The van der Waals surface area contributed by atoms with E-state index in [0.717, 1.165) is 45.6 Å². The highest BCUT2D eigenvalue weighted by Gasteiger charge is 2.53. The molecule has 0 spiro atoms. The highest BCUT2D eigenvalue weighted by molar-refractivity contribution is 5.82. The lowest BCUT2D eigenvalue weighted by Gasteiger charge is -2.43. The van der Waals surface area contributed by atoms with Crippen LogP contribution in [-0.4, -0.2) is 61.9 Å². The monoisotopic (exact) mass is 298 g/mol. The molecule has 1 aliphatic carbocycles. The van der Waals surface area contributed by atoms with Crippen molar-refractivity contribution in [3.63, 3.8) is 0 Å². The van der Waals surface area contributed by atoms with Gasteiger partial charge in [-0.05, 0) is 39.0 Å². The van der Waals surface area contributed by atoms with Crippen LogP contribution in [-0.2, 0) is 14.3 Å². The first-order valence-corrected chi connectivity index (χ1v) is 8.21. The zero-order valence-corrected chi connectivity index (χ0v) is 13.9. The Balaban J connectivity index is 2.19. The molecule has 0 aromatic heterocycles. The molecule has 1 saturated carbocycles. The molecule has 0 radical (unpaired) electrons. The van der Waals surface area contributed by atoms with Crippen LogP contribution in [0.25, 0.3) is 0 Å². The molecular weight excluding hydrogens is 268 g/mol. The quantitative estimate of drug-likeness (QED) is 0.720. The van der Waals surface area contributed by atoms with Gasteiger partial charge in [-0.3, -0.25) is 10.2 Å². The predicted molar refractivity (Wildman–Crippen MR) is 82.2 cm³/mol. The van der Waals surface area contributed by atoms with Gasteiger partial charge in [-0.15, -0.1) is 0 Å². The van der Waals surface area contributed by atoms with E-state index in [1.165, 1.54) is 7.11 Å². The van der Waals surface area contributed by atoms with Gasteiger partial charge in [0, 0.05) is 25.2 Å². The van der Waals surface area contributed by atoms with Gasteiger partial charge in [-0.1, -0.05) is 6.92 Å². The zero-order chi connectivity index (χ0) is 15.5. The summed E-state index contributed by atoms with van der Waals surface area (Å²) in [6.07, 6.45) is 3.26. The Kier molecular flexibility index (Phi) is 5.63. The molecule has 2 atom stereocenters. The largest absolute Gasteiger partial charge is 0.468 e. The maximum absolute atomic E-state index is 12.6. The molecule has 2 aliphatic rings. The van der Waals surface area contributed by atoms with Gasteiger partial charge in [0.05, 0.1) is 20.3 Å². The van der Waals surface area contributed by atoms with Gasteiger partial charge in [0.25, 0.3) is 0 Å². The Bertz CT molecular complexity index is 357. The van der Waals surface area contributed by atoms with Crippen LogP contribution in [0.1, 0.15) is 40.0 Å². The van der Waals surface area contributed by atoms with E-state index < -0.39 is 5.54 Å². The normalized spacial score (nSPS) is 26.6. The molecule has 2 unspecified atom stereocenters. The number of carbonyl (C=O) groups is 1. The summed E-state index contributed by atoms with van der Waals surface area (Å²) in [5.74, 6) is 0.285. The van der Waals surface area contributed by atoms with Crippen LogP contribution in [0.4, 0.5) is 0 Å². The summed E-state index contributed by atoms with van der Waals surface area (Å²) in [5.41, 5.74) is -0.562. The van der Waals surface area contributed by atoms with E-state index in [4.69, 9.17) is 9.47 Å². The van der Waals surface area contributed by atoms with Gasteiger partial charge < -0.3 is 9.47 Å². The van der Waals surface area contributed by atoms with E-state index in [1.807, 2.05) is 0 Å². The second kappa shape index (κ2) is 7.07. The number of carbonyl (C=O) groups excluding carboxylic acids is 1. The van der Waals surface area contributed by atoms with Crippen molar-refractivity contribution in [3.05, 3.63) is 0 Å². The van der Waals surface area contributed by atoms with Crippen LogP contribution >= 0.6 is 0 Å². The summed E-state index contributed by atoms with van der Waals surface area (Å²) < 4.78 is 10.8. The smallest absolute Gasteiger partial charge is 0.327 e. The number of morpholine rings is 1. The molecule has 0 amide bonds. The zero-order valence-electron chi connectivity index (χ0n) is 13.9. The molecule has 2 rings (SSSR count). The van der Waals surface area contributed by atoms with Crippen molar-refractivity contribution >= 4 is 5.97 Å². The summed E-state index contributed by atoms with van der Waals surface area (Å²) in [4.78, 5) is 15.0. The molecule has 0 aromatic carbocycles. The summed E-state index contributed by atoms with van der Waals surface area (Å²) in [6, 6.07) is 0.654. The number of hydrogen-bond donors (Lipinski definition) is 1. The van der Waals surface area contributed by atoms with E-state index in [1.54, 1.807) is 0 Å². The molecule has 2 fully saturated rings. The predicted octanol–water partition coefficient (Wildman–Crippen LogP) is 1.42. The van der Waals surface area contributed by atoms with Crippen LogP contribution in [0.3, 0.4) is 0 Å². The number of ether oxygens (including phenoxy) is 2. The minimum Gasteiger partial charge on any atom is -0.468 e. The van der Waals surface area contributed by atoms with Crippen LogP contribution in [0.5, 0.6) is 0 Å². The van der Waals surface area contributed by atoms with Crippen molar-refractivity contribution < 1.29 is 14.3 Å². The Labute approximate surface area is 128 Å². The number of nitrogens with one attached hydrogen (secondary N) is 1. The van der Waals surface area contributed by atoms with Gasteiger partial charge in [0.1, 0.15) is 5.54 Å². The van der Waals surface area contributed by atoms with Crippen molar-refractivity contribution in [2.24, 2.45) is 5.92 Å². The van der Waals surface area contributed by atoms with E-state index in [0.29, 0.717) is 12.0 Å². The van der Waals surface area contributed by atoms with E-state index in [2.05, 4.69) is 31.0 Å². The fraction of sp³-hybridized carbons (Fsp3) is 0.938. The van der Waals surface area contributed by atoms with E-state index in [-0.39, 0.29) is 12.0 Å². The van der Waals surface area contributed by atoms with Crippen LogP contribution < -0.4 is 5.32 Å². The lowest BCUT2D eigenvalue weighted by molar-refractivity contribution is -0.152. The Morgan fingerprint density at radius 2 is 2.19 bits per heavy atom. The van der Waals surface area contributed by atoms with Gasteiger partial charge in [0.2, 0.25) is 0 Å². The minimum atomic E-state index is -0.562. The van der Waals surface area contributed by atoms with Gasteiger partial charge >= 0.3 is 5.97 Å². The Morgan fingerprint density at radius 3 is 2.71 bits per heavy atom. The first kappa shape index (κ1) is 16.7. The summed E-state index contributed by atoms with van der Waals surface area (Å²) in [6.45, 7) is 9.50. The molecule has 0 aromatic rings. The molecule has 1 N–H and O–H groups in total. The van der Waals surface area contributed by atoms with Crippen molar-refractivity contribution in [3.8, 4) is 0 Å². The molecule has 5 nitrogen and oxygen atoms in total. The second-order valence-electron chi connectivity index (χ2n) is 6.64. The number of methoxy groups -OCH3 is 1. The number of hydrogen-bond acceptors (Lipinski definition) is 5. The fourth-order valence-electron chi connectivity index (χ4n) is 3.45. The molecule has 1 heterocycles. The third-order valence-corrected chi connectivity index (χ3v) is 4.64. The molecule has 5 heteroatoms. The van der Waals surface area contributed by atoms with Crippen molar-refractivity contribution in [2.75, 3.05) is 33.4 Å². The van der Waals surface area contributed by atoms with E-state index in [9.17, 15) is 4.79 Å². The lowest BCUT2D eigenvalue weighted by Crippen LogP contribution is -2.65. The van der Waals surface area contributed by atoms with Crippen molar-refractivity contribution in [2.45, 2.75) is 57.7 Å². The Hall–Kier alpha value is -0.650. The average Bonchev–Trinajstić information content (AvgIpc) is 3.30. The van der Waals surface area contributed by atoms with Crippen LogP contribution in [0, 0.1) is 5.92 Å². The number of rotatable bonds is 7. The second-order valence-corrected chi connectivity index (χ2v) is 6.64. The average molecular weight is 298 g/mol. The van der Waals surface area contributed by atoms with Crippen LogP contribution in [0.2, 0.25) is 0 Å². The van der Waals surface area contributed by atoms with E-state index >= 15 is 0 Å². The summed E-state index contributed by atoms with van der Waals surface area (Å²) in [5, 5.41) is 3.54. The standard InChI is InChI=1S/C16H30N2O3/c1-5-14-10-21-9-8-18(14)11-16(13-6-7-13,15(19)20-4)17-12(2)3/h12-14,17H,5-11H2,1-4H3. The topological polar surface area (TPSA) is 50.8 Å².